The summed E-state index contributed by atoms with van der Waals surface area (Å²) in [4.78, 5) is 14.2. The van der Waals surface area contributed by atoms with E-state index in [1.165, 1.54) is 0 Å². The van der Waals surface area contributed by atoms with E-state index in [9.17, 15) is 4.79 Å². The zero-order chi connectivity index (χ0) is 15.1. The number of carbonyl (C=O) groups is 1. The summed E-state index contributed by atoms with van der Waals surface area (Å²) in [6.45, 7) is 2.95. The van der Waals surface area contributed by atoms with Crippen molar-refractivity contribution in [3.8, 4) is 5.75 Å². The fourth-order valence-corrected chi connectivity index (χ4v) is 2.68. The van der Waals surface area contributed by atoms with Crippen molar-refractivity contribution in [3.05, 3.63) is 29.8 Å². The Morgan fingerprint density at radius 1 is 1.32 bits per heavy atom. The van der Waals surface area contributed by atoms with Crippen LogP contribution in [-0.2, 0) is 11.3 Å². The van der Waals surface area contributed by atoms with Crippen molar-refractivity contribution in [1.29, 1.82) is 0 Å². The van der Waals surface area contributed by atoms with E-state index in [4.69, 9.17) is 4.74 Å². The third kappa shape index (κ3) is 5.48. The molecule has 1 aliphatic heterocycles. The average Bonchev–Trinajstić information content (AvgIpc) is 2.54. The Labute approximate surface area is 138 Å². The number of hydrogen-bond donors (Lipinski definition) is 2. The zero-order valence-corrected chi connectivity index (χ0v) is 14.1. The molecule has 6 heteroatoms. The van der Waals surface area contributed by atoms with Crippen LogP contribution in [0.5, 0.6) is 5.75 Å². The number of nitrogens with one attached hydrogen (secondary N) is 2. The van der Waals surface area contributed by atoms with Crippen LogP contribution >= 0.6 is 12.4 Å². The molecule has 2 rings (SSSR count). The number of rotatable bonds is 6. The van der Waals surface area contributed by atoms with E-state index in [0.717, 1.165) is 37.2 Å². The molecule has 1 amide bonds. The smallest absolute Gasteiger partial charge is 0.234 e. The fourth-order valence-electron chi connectivity index (χ4n) is 2.68. The monoisotopic (exact) mass is 327 g/mol. The molecule has 22 heavy (non-hydrogen) atoms. The second-order valence-electron chi connectivity index (χ2n) is 5.43. The molecule has 0 atom stereocenters. The SMILES string of the molecule is CNC1CCN(CC(=O)NCc2ccccc2OC)CC1.Cl. The van der Waals surface area contributed by atoms with Crippen LogP contribution in [0.25, 0.3) is 0 Å². The van der Waals surface area contributed by atoms with Gasteiger partial charge in [0.15, 0.2) is 0 Å². The van der Waals surface area contributed by atoms with Gasteiger partial charge >= 0.3 is 0 Å². The van der Waals surface area contributed by atoms with Crippen LogP contribution in [0.2, 0.25) is 0 Å². The summed E-state index contributed by atoms with van der Waals surface area (Å²) in [6, 6.07) is 8.35. The number of methoxy groups -OCH3 is 1. The molecule has 0 aliphatic carbocycles. The molecule has 1 fully saturated rings. The van der Waals surface area contributed by atoms with Crippen molar-refractivity contribution in [2.45, 2.75) is 25.4 Å². The molecule has 2 N–H and O–H groups in total. The van der Waals surface area contributed by atoms with E-state index in [0.29, 0.717) is 19.1 Å². The van der Waals surface area contributed by atoms with E-state index in [2.05, 4.69) is 15.5 Å². The molecule has 0 spiro atoms. The first kappa shape index (κ1) is 18.7. The van der Waals surface area contributed by atoms with Crippen molar-refractivity contribution >= 4 is 18.3 Å². The molecule has 1 saturated heterocycles. The molecule has 0 bridgehead atoms. The van der Waals surface area contributed by atoms with Crippen molar-refractivity contribution in [2.75, 3.05) is 33.8 Å². The predicted octanol–water partition coefficient (Wildman–Crippen LogP) is 1.42. The number of benzene rings is 1. The molecular weight excluding hydrogens is 302 g/mol. The van der Waals surface area contributed by atoms with Gasteiger partial charge < -0.3 is 15.4 Å². The van der Waals surface area contributed by atoms with Gasteiger partial charge in [-0.1, -0.05) is 18.2 Å². The summed E-state index contributed by atoms with van der Waals surface area (Å²) in [5.41, 5.74) is 1.00. The Hall–Kier alpha value is -1.30. The van der Waals surface area contributed by atoms with Gasteiger partial charge in [-0.25, -0.2) is 0 Å². The van der Waals surface area contributed by atoms with E-state index >= 15 is 0 Å². The molecule has 1 aromatic carbocycles. The van der Waals surface area contributed by atoms with Gasteiger partial charge in [0.25, 0.3) is 0 Å². The van der Waals surface area contributed by atoms with Gasteiger partial charge in [0.1, 0.15) is 5.75 Å². The summed E-state index contributed by atoms with van der Waals surface area (Å²) >= 11 is 0. The van der Waals surface area contributed by atoms with Gasteiger partial charge in [-0.3, -0.25) is 9.69 Å². The van der Waals surface area contributed by atoms with Crippen molar-refractivity contribution in [2.24, 2.45) is 0 Å². The third-order valence-electron chi connectivity index (χ3n) is 4.03. The number of carbonyl (C=O) groups excluding carboxylic acids is 1. The molecule has 0 radical (unpaired) electrons. The number of ether oxygens (including phenoxy) is 1. The van der Waals surface area contributed by atoms with E-state index in [-0.39, 0.29) is 18.3 Å². The van der Waals surface area contributed by atoms with E-state index in [1.807, 2.05) is 31.3 Å². The minimum Gasteiger partial charge on any atom is -0.496 e. The number of likely N-dealkylation sites (tertiary alicyclic amines) is 1. The second kappa shape index (κ2) is 9.66. The molecule has 0 unspecified atom stereocenters. The first-order chi connectivity index (χ1) is 10.2. The van der Waals surface area contributed by atoms with Gasteiger partial charge in [0, 0.05) is 31.2 Å². The molecule has 1 aromatic rings. The third-order valence-corrected chi connectivity index (χ3v) is 4.03. The van der Waals surface area contributed by atoms with Crippen LogP contribution in [0, 0.1) is 0 Å². The van der Waals surface area contributed by atoms with Crippen LogP contribution in [-0.4, -0.2) is 50.6 Å². The average molecular weight is 328 g/mol. The van der Waals surface area contributed by atoms with Gasteiger partial charge in [0.2, 0.25) is 5.91 Å². The van der Waals surface area contributed by atoms with Crippen molar-refractivity contribution in [1.82, 2.24) is 15.5 Å². The Bertz CT molecular complexity index is 462. The van der Waals surface area contributed by atoms with Crippen molar-refractivity contribution in [3.63, 3.8) is 0 Å². The lowest BCUT2D eigenvalue weighted by atomic mass is 10.1. The molecule has 0 saturated carbocycles. The van der Waals surface area contributed by atoms with Crippen LogP contribution in [0.3, 0.4) is 0 Å². The van der Waals surface area contributed by atoms with Gasteiger partial charge in [-0.05, 0) is 26.0 Å². The molecular formula is C16H26ClN3O2. The number of nitrogens with zero attached hydrogens (tertiary/aromatic N) is 1. The maximum absolute atomic E-state index is 12.0. The Morgan fingerprint density at radius 3 is 2.64 bits per heavy atom. The lowest BCUT2D eigenvalue weighted by Crippen LogP contribution is -2.45. The Kier molecular flexibility index (Phi) is 8.24. The second-order valence-corrected chi connectivity index (χ2v) is 5.43. The lowest BCUT2D eigenvalue weighted by molar-refractivity contribution is -0.122. The summed E-state index contributed by atoms with van der Waals surface area (Å²) in [5, 5.41) is 6.27. The number of halogens is 1. The maximum Gasteiger partial charge on any atom is 0.234 e. The highest BCUT2D eigenvalue weighted by molar-refractivity contribution is 5.85. The fraction of sp³-hybridized carbons (Fsp3) is 0.562. The highest BCUT2D eigenvalue weighted by atomic mass is 35.5. The molecule has 1 heterocycles. The Morgan fingerprint density at radius 2 is 2.00 bits per heavy atom. The minimum absolute atomic E-state index is 0. The molecule has 5 nitrogen and oxygen atoms in total. The highest BCUT2D eigenvalue weighted by Gasteiger charge is 2.19. The maximum atomic E-state index is 12.0. The van der Waals surface area contributed by atoms with Crippen LogP contribution in [0.1, 0.15) is 18.4 Å². The van der Waals surface area contributed by atoms with Crippen LogP contribution < -0.4 is 15.4 Å². The summed E-state index contributed by atoms with van der Waals surface area (Å²) in [5.74, 6) is 0.886. The first-order valence-electron chi connectivity index (χ1n) is 7.51. The predicted molar refractivity (Wildman–Crippen MR) is 90.6 cm³/mol. The van der Waals surface area contributed by atoms with Gasteiger partial charge in [0.05, 0.1) is 13.7 Å². The van der Waals surface area contributed by atoms with Gasteiger partial charge in [-0.2, -0.15) is 0 Å². The van der Waals surface area contributed by atoms with Crippen LogP contribution in [0.4, 0.5) is 0 Å². The number of piperidine rings is 1. The number of para-hydroxylation sites is 1. The number of hydrogen-bond acceptors (Lipinski definition) is 4. The van der Waals surface area contributed by atoms with E-state index in [1.54, 1.807) is 7.11 Å². The Balaban J connectivity index is 0.00000242. The first-order valence-corrected chi connectivity index (χ1v) is 7.51. The molecule has 0 aromatic heterocycles. The van der Waals surface area contributed by atoms with Crippen molar-refractivity contribution < 1.29 is 9.53 Å². The lowest BCUT2D eigenvalue weighted by Gasteiger charge is -2.31. The number of amides is 1. The standard InChI is InChI=1S/C16H25N3O2.ClH/c1-17-14-7-9-19(10-8-14)12-16(20)18-11-13-5-3-4-6-15(13)21-2;/h3-6,14,17H,7-12H2,1-2H3,(H,18,20);1H. The molecule has 1 aliphatic rings. The highest BCUT2D eigenvalue weighted by Crippen LogP contribution is 2.16. The van der Waals surface area contributed by atoms with Crippen LogP contribution in [0.15, 0.2) is 24.3 Å². The van der Waals surface area contributed by atoms with Gasteiger partial charge in [-0.15, -0.1) is 12.4 Å². The molecule has 124 valence electrons. The largest absolute Gasteiger partial charge is 0.496 e. The summed E-state index contributed by atoms with van der Waals surface area (Å²) in [7, 11) is 3.65. The van der Waals surface area contributed by atoms with E-state index < -0.39 is 0 Å². The topological polar surface area (TPSA) is 53.6 Å². The minimum atomic E-state index is 0. The quantitative estimate of drug-likeness (QED) is 0.829. The zero-order valence-electron chi connectivity index (χ0n) is 13.3. The summed E-state index contributed by atoms with van der Waals surface area (Å²) in [6.07, 6.45) is 2.21. The normalized spacial score (nSPS) is 15.9. The summed E-state index contributed by atoms with van der Waals surface area (Å²) < 4.78 is 5.28.